The molecule has 0 aliphatic carbocycles. The average Bonchev–Trinajstić information content (AvgIpc) is 2.68. The lowest BCUT2D eigenvalue weighted by Gasteiger charge is -2.10. The summed E-state index contributed by atoms with van der Waals surface area (Å²) < 4.78 is 5.82. The molecule has 1 amide bonds. The molecule has 1 atom stereocenters. The fraction of sp³-hybridized carbons (Fsp3) is 0.500. The highest BCUT2D eigenvalue weighted by Crippen LogP contribution is 1.87. The zero-order valence-corrected chi connectivity index (χ0v) is 8.51. The summed E-state index contributed by atoms with van der Waals surface area (Å²) in [6.07, 6.45) is 3.03. The SMILES string of the molecule is COC(=O)C(C)NC(=O)Cn1ccnn1. The van der Waals surface area contributed by atoms with Crippen LogP contribution in [0.4, 0.5) is 0 Å². The van der Waals surface area contributed by atoms with Crippen molar-refractivity contribution in [1.29, 1.82) is 0 Å². The van der Waals surface area contributed by atoms with Crippen molar-refractivity contribution < 1.29 is 14.3 Å². The molecule has 0 bridgehead atoms. The Balaban J connectivity index is 2.39. The monoisotopic (exact) mass is 212 g/mol. The van der Waals surface area contributed by atoms with Crippen molar-refractivity contribution in [2.75, 3.05) is 7.11 Å². The van der Waals surface area contributed by atoms with Crippen LogP contribution in [0, 0.1) is 0 Å². The molecule has 1 heterocycles. The van der Waals surface area contributed by atoms with Gasteiger partial charge in [-0.1, -0.05) is 5.21 Å². The second kappa shape index (κ2) is 5.08. The van der Waals surface area contributed by atoms with Gasteiger partial charge in [-0.15, -0.1) is 5.10 Å². The van der Waals surface area contributed by atoms with Crippen LogP contribution in [0.5, 0.6) is 0 Å². The number of carbonyl (C=O) groups is 2. The maximum absolute atomic E-state index is 11.3. The molecule has 0 spiro atoms. The van der Waals surface area contributed by atoms with E-state index in [0.29, 0.717) is 0 Å². The Kier molecular flexibility index (Phi) is 3.78. The van der Waals surface area contributed by atoms with Crippen LogP contribution in [0.1, 0.15) is 6.92 Å². The van der Waals surface area contributed by atoms with Crippen LogP contribution in [0.25, 0.3) is 0 Å². The van der Waals surface area contributed by atoms with Gasteiger partial charge in [-0.25, -0.2) is 9.48 Å². The molecule has 1 rings (SSSR count). The van der Waals surface area contributed by atoms with E-state index in [2.05, 4.69) is 20.4 Å². The Labute approximate surface area is 86.4 Å². The third-order valence-electron chi connectivity index (χ3n) is 1.71. The summed E-state index contributed by atoms with van der Waals surface area (Å²) in [6.45, 7) is 1.58. The molecule has 0 aliphatic heterocycles. The normalized spacial score (nSPS) is 11.9. The molecule has 7 heteroatoms. The van der Waals surface area contributed by atoms with Crippen molar-refractivity contribution in [2.24, 2.45) is 0 Å². The molecule has 0 saturated carbocycles. The Bertz CT molecular complexity index is 336. The van der Waals surface area contributed by atoms with E-state index in [0.717, 1.165) is 0 Å². The molecule has 0 aromatic carbocycles. The topological polar surface area (TPSA) is 86.1 Å². The zero-order chi connectivity index (χ0) is 11.3. The predicted molar refractivity (Wildman–Crippen MR) is 49.6 cm³/mol. The van der Waals surface area contributed by atoms with E-state index >= 15 is 0 Å². The maximum atomic E-state index is 11.3. The van der Waals surface area contributed by atoms with Gasteiger partial charge in [0, 0.05) is 6.20 Å². The van der Waals surface area contributed by atoms with E-state index in [9.17, 15) is 9.59 Å². The van der Waals surface area contributed by atoms with Gasteiger partial charge in [-0.05, 0) is 6.92 Å². The first-order valence-corrected chi connectivity index (χ1v) is 4.34. The molecule has 1 N–H and O–H groups in total. The Hall–Kier alpha value is -1.92. The Morgan fingerprint density at radius 2 is 2.33 bits per heavy atom. The highest BCUT2D eigenvalue weighted by molar-refractivity contribution is 5.83. The molecule has 1 aromatic rings. The lowest BCUT2D eigenvalue weighted by Crippen LogP contribution is -2.40. The van der Waals surface area contributed by atoms with Gasteiger partial charge in [0.2, 0.25) is 5.91 Å². The summed E-state index contributed by atoms with van der Waals surface area (Å²) in [4.78, 5) is 22.3. The van der Waals surface area contributed by atoms with Gasteiger partial charge in [-0.3, -0.25) is 4.79 Å². The summed E-state index contributed by atoms with van der Waals surface area (Å²) in [7, 11) is 1.27. The first kappa shape index (κ1) is 11.2. The van der Waals surface area contributed by atoms with E-state index in [4.69, 9.17) is 0 Å². The number of hydrogen-bond acceptors (Lipinski definition) is 5. The summed E-state index contributed by atoms with van der Waals surface area (Å²) in [6, 6.07) is -0.661. The molecule has 0 fully saturated rings. The van der Waals surface area contributed by atoms with Crippen LogP contribution in [-0.2, 0) is 20.9 Å². The number of ether oxygens (including phenoxy) is 1. The van der Waals surface area contributed by atoms with Crippen LogP contribution >= 0.6 is 0 Å². The fourth-order valence-corrected chi connectivity index (χ4v) is 0.987. The number of nitrogens with zero attached hydrogens (tertiary/aromatic N) is 3. The summed E-state index contributed by atoms with van der Waals surface area (Å²) in [5.74, 6) is -0.805. The minimum absolute atomic E-state index is 0.0291. The molecular formula is C8H12N4O3. The van der Waals surface area contributed by atoms with Crippen molar-refractivity contribution in [3.8, 4) is 0 Å². The number of hydrogen-bond donors (Lipinski definition) is 1. The number of carbonyl (C=O) groups excluding carboxylic acids is 2. The van der Waals surface area contributed by atoms with Crippen LogP contribution in [-0.4, -0.2) is 40.0 Å². The molecule has 15 heavy (non-hydrogen) atoms. The first-order chi connectivity index (χ1) is 7.13. The van der Waals surface area contributed by atoms with Crippen molar-refractivity contribution in [2.45, 2.75) is 19.5 Å². The van der Waals surface area contributed by atoms with Crippen LogP contribution in [0.15, 0.2) is 12.4 Å². The van der Waals surface area contributed by atoms with Gasteiger partial charge in [-0.2, -0.15) is 0 Å². The van der Waals surface area contributed by atoms with Crippen molar-refractivity contribution in [3.63, 3.8) is 0 Å². The van der Waals surface area contributed by atoms with E-state index in [1.165, 1.54) is 18.0 Å². The fourth-order valence-electron chi connectivity index (χ4n) is 0.987. The van der Waals surface area contributed by atoms with Gasteiger partial charge in [0.15, 0.2) is 0 Å². The number of nitrogens with one attached hydrogen (secondary N) is 1. The smallest absolute Gasteiger partial charge is 0.328 e. The molecule has 0 saturated heterocycles. The maximum Gasteiger partial charge on any atom is 0.328 e. The number of rotatable bonds is 4. The molecule has 0 radical (unpaired) electrons. The largest absolute Gasteiger partial charge is 0.467 e. The van der Waals surface area contributed by atoms with E-state index in [1.807, 2.05) is 0 Å². The van der Waals surface area contributed by atoms with Gasteiger partial charge < -0.3 is 10.1 Å². The first-order valence-electron chi connectivity index (χ1n) is 4.34. The third kappa shape index (κ3) is 3.37. The van der Waals surface area contributed by atoms with Crippen molar-refractivity contribution in [3.05, 3.63) is 12.4 Å². The molecule has 7 nitrogen and oxygen atoms in total. The minimum Gasteiger partial charge on any atom is -0.467 e. The molecule has 1 unspecified atom stereocenters. The predicted octanol–water partition coefficient (Wildman–Crippen LogP) is -1.04. The number of aromatic nitrogens is 3. The number of methoxy groups -OCH3 is 1. The average molecular weight is 212 g/mol. The van der Waals surface area contributed by atoms with Crippen molar-refractivity contribution in [1.82, 2.24) is 20.3 Å². The van der Waals surface area contributed by atoms with Crippen LogP contribution < -0.4 is 5.32 Å². The van der Waals surface area contributed by atoms with Gasteiger partial charge in [0.25, 0.3) is 0 Å². The highest BCUT2D eigenvalue weighted by Gasteiger charge is 2.15. The van der Waals surface area contributed by atoms with Crippen LogP contribution in [0.2, 0.25) is 0 Å². The quantitative estimate of drug-likeness (QED) is 0.644. The van der Waals surface area contributed by atoms with Crippen LogP contribution in [0.3, 0.4) is 0 Å². The van der Waals surface area contributed by atoms with Crippen molar-refractivity contribution >= 4 is 11.9 Å². The molecule has 0 aliphatic rings. The summed E-state index contributed by atoms with van der Waals surface area (Å²) in [5.41, 5.74) is 0. The van der Waals surface area contributed by atoms with Gasteiger partial charge >= 0.3 is 5.97 Å². The number of amides is 1. The Morgan fingerprint density at radius 1 is 1.60 bits per heavy atom. The lowest BCUT2D eigenvalue weighted by molar-refractivity contribution is -0.144. The third-order valence-corrected chi connectivity index (χ3v) is 1.71. The summed E-state index contributed by atoms with van der Waals surface area (Å²) >= 11 is 0. The molecule has 1 aromatic heterocycles. The summed E-state index contributed by atoms with van der Waals surface area (Å²) in [5, 5.41) is 9.63. The van der Waals surface area contributed by atoms with E-state index in [1.54, 1.807) is 13.1 Å². The number of esters is 1. The highest BCUT2D eigenvalue weighted by atomic mass is 16.5. The lowest BCUT2D eigenvalue weighted by atomic mass is 10.3. The molecular weight excluding hydrogens is 200 g/mol. The zero-order valence-electron chi connectivity index (χ0n) is 8.51. The van der Waals surface area contributed by atoms with E-state index in [-0.39, 0.29) is 12.5 Å². The standard InChI is InChI=1S/C8H12N4O3/c1-6(8(14)15-2)10-7(13)5-12-4-3-9-11-12/h3-4,6H,5H2,1-2H3,(H,10,13). The second-order valence-electron chi connectivity index (χ2n) is 2.91. The second-order valence-corrected chi connectivity index (χ2v) is 2.91. The minimum atomic E-state index is -0.661. The van der Waals surface area contributed by atoms with Gasteiger partial charge in [0.05, 0.1) is 13.3 Å². The Morgan fingerprint density at radius 3 is 2.87 bits per heavy atom. The van der Waals surface area contributed by atoms with E-state index < -0.39 is 12.0 Å². The van der Waals surface area contributed by atoms with Gasteiger partial charge in [0.1, 0.15) is 12.6 Å². The molecule has 82 valence electrons.